The Hall–Kier alpha value is -3.58. The molecule has 0 radical (unpaired) electrons. The Balaban J connectivity index is 1.43. The summed E-state index contributed by atoms with van der Waals surface area (Å²) in [5, 5.41) is 0. The van der Waals surface area contributed by atoms with Gasteiger partial charge in [0.25, 0.3) is 0 Å². The maximum absolute atomic E-state index is 15.0. The molecule has 3 aromatic carbocycles. The lowest BCUT2D eigenvalue weighted by Crippen LogP contribution is -2.21. The van der Waals surface area contributed by atoms with Crippen LogP contribution in [0.5, 0.6) is 11.5 Å². The molecule has 0 amide bonds. The van der Waals surface area contributed by atoms with Crippen LogP contribution in [0.4, 0.5) is 13.2 Å². The highest BCUT2D eigenvalue weighted by Gasteiger charge is 2.26. The number of benzene rings is 3. The number of hydrogen-bond donors (Lipinski definition) is 0. The van der Waals surface area contributed by atoms with Crippen molar-refractivity contribution in [1.82, 2.24) is 0 Å². The molecular formula is C30H29F3O4. The third-order valence-electron chi connectivity index (χ3n) is 6.53. The summed E-state index contributed by atoms with van der Waals surface area (Å²) in [6.07, 6.45) is 4.86. The van der Waals surface area contributed by atoms with E-state index in [9.17, 15) is 9.18 Å². The molecule has 37 heavy (non-hydrogen) atoms. The van der Waals surface area contributed by atoms with Crippen LogP contribution >= 0.6 is 0 Å². The lowest BCUT2D eigenvalue weighted by Gasteiger charge is -2.29. The predicted molar refractivity (Wildman–Crippen MR) is 135 cm³/mol. The van der Waals surface area contributed by atoms with Crippen molar-refractivity contribution in [2.45, 2.75) is 44.6 Å². The molecule has 0 unspecified atom stereocenters. The highest BCUT2D eigenvalue weighted by atomic mass is 19.2. The van der Waals surface area contributed by atoms with E-state index in [0.717, 1.165) is 31.7 Å². The first kappa shape index (κ1) is 26.5. The van der Waals surface area contributed by atoms with Crippen LogP contribution in [0.2, 0.25) is 0 Å². The van der Waals surface area contributed by atoms with Crippen molar-refractivity contribution in [2.24, 2.45) is 0 Å². The molecule has 0 aromatic heterocycles. The van der Waals surface area contributed by atoms with Gasteiger partial charge < -0.3 is 14.2 Å². The SMILES string of the molecule is C=CCOc1ccc(C(=O)Oc2ccc(-c3ccc(C4CCC(OCC)CC4)c(F)c3F)cc2)cc1F. The molecule has 4 rings (SSSR count). The topological polar surface area (TPSA) is 44.8 Å². The van der Waals surface area contributed by atoms with Gasteiger partial charge in [-0.05, 0) is 80.0 Å². The van der Waals surface area contributed by atoms with E-state index >= 15 is 8.78 Å². The van der Waals surface area contributed by atoms with Gasteiger partial charge in [-0.3, -0.25) is 0 Å². The number of hydrogen-bond acceptors (Lipinski definition) is 4. The normalized spacial score (nSPS) is 17.3. The molecule has 1 fully saturated rings. The Morgan fingerprint density at radius 3 is 2.35 bits per heavy atom. The van der Waals surface area contributed by atoms with Crippen molar-refractivity contribution in [1.29, 1.82) is 0 Å². The first-order valence-corrected chi connectivity index (χ1v) is 12.4. The maximum Gasteiger partial charge on any atom is 0.343 e. The zero-order valence-corrected chi connectivity index (χ0v) is 20.6. The summed E-state index contributed by atoms with van der Waals surface area (Å²) < 4.78 is 60.3. The number of rotatable bonds is 9. The summed E-state index contributed by atoms with van der Waals surface area (Å²) in [7, 11) is 0. The minimum atomic E-state index is -0.900. The third-order valence-corrected chi connectivity index (χ3v) is 6.53. The van der Waals surface area contributed by atoms with E-state index in [-0.39, 0.29) is 41.3 Å². The van der Waals surface area contributed by atoms with Crippen molar-refractivity contribution in [2.75, 3.05) is 13.2 Å². The average Bonchev–Trinajstić information content (AvgIpc) is 2.91. The third kappa shape index (κ3) is 6.23. The molecule has 0 heterocycles. The highest BCUT2D eigenvalue weighted by Crippen LogP contribution is 2.38. The van der Waals surface area contributed by atoms with Gasteiger partial charge in [-0.1, -0.05) is 36.9 Å². The Kier molecular flexibility index (Phi) is 8.66. The largest absolute Gasteiger partial charge is 0.486 e. The second kappa shape index (κ2) is 12.1. The zero-order chi connectivity index (χ0) is 26.4. The number of ether oxygens (including phenoxy) is 3. The van der Waals surface area contributed by atoms with Gasteiger partial charge in [0.15, 0.2) is 23.2 Å². The molecule has 0 atom stereocenters. The van der Waals surface area contributed by atoms with E-state index in [4.69, 9.17) is 14.2 Å². The number of esters is 1. The van der Waals surface area contributed by atoms with Crippen LogP contribution in [0.3, 0.4) is 0 Å². The van der Waals surface area contributed by atoms with Crippen molar-refractivity contribution < 1.29 is 32.2 Å². The number of carbonyl (C=O) groups is 1. The van der Waals surface area contributed by atoms with Gasteiger partial charge in [-0.2, -0.15) is 0 Å². The van der Waals surface area contributed by atoms with Gasteiger partial charge in [-0.15, -0.1) is 0 Å². The Bertz CT molecular complexity index is 1250. The minimum Gasteiger partial charge on any atom is -0.486 e. The van der Waals surface area contributed by atoms with Crippen LogP contribution < -0.4 is 9.47 Å². The van der Waals surface area contributed by atoms with E-state index < -0.39 is 23.4 Å². The van der Waals surface area contributed by atoms with Crippen LogP contribution in [0.1, 0.15) is 54.4 Å². The highest BCUT2D eigenvalue weighted by molar-refractivity contribution is 5.91. The van der Waals surface area contributed by atoms with E-state index in [2.05, 4.69) is 6.58 Å². The van der Waals surface area contributed by atoms with Crippen LogP contribution in [-0.4, -0.2) is 25.3 Å². The van der Waals surface area contributed by atoms with Gasteiger partial charge in [0.05, 0.1) is 11.7 Å². The molecular weight excluding hydrogens is 481 g/mol. The summed E-state index contributed by atoms with van der Waals surface area (Å²) in [5.41, 5.74) is 0.971. The fourth-order valence-electron chi connectivity index (χ4n) is 4.64. The Morgan fingerprint density at radius 2 is 1.70 bits per heavy atom. The molecule has 0 bridgehead atoms. The molecule has 1 saturated carbocycles. The first-order valence-electron chi connectivity index (χ1n) is 12.4. The van der Waals surface area contributed by atoms with Crippen LogP contribution in [0.25, 0.3) is 11.1 Å². The lowest BCUT2D eigenvalue weighted by atomic mass is 9.82. The van der Waals surface area contributed by atoms with Crippen LogP contribution in [0, 0.1) is 17.5 Å². The lowest BCUT2D eigenvalue weighted by molar-refractivity contribution is 0.0325. The fourth-order valence-corrected chi connectivity index (χ4v) is 4.64. The average molecular weight is 511 g/mol. The predicted octanol–water partition coefficient (Wildman–Crippen LogP) is 7.62. The molecule has 0 saturated heterocycles. The quantitative estimate of drug-likeness (QED) is 0.169. The van der Waals surface area contributed by atoms with Crippen molar-refractivity contribution in [3.8, 4) is 22.6 Å². The van der Waals surface area contributed by atoms with E-state index in [1.165, 1.54) is 30.3 Å². The van der Waals surface area contributed by atoms with E-state index in [1.54, 1.807) is 24.3 Å². The molecule has 0 aliphatic heterocycles. The summed E-state index contributed by atoms with van der Waals surface area (Å²) in [6.45, 7) is 6.24. The second-order valence-electron chi connectivity index (χ2n) is 8.92. The van der Waals surface area contributed by atoms with E-state index in [0.29, 0.717) is 17.7 Å². The molecule has 1 aliphatic rings. The smallest absolute Gasteiger partial charge is 0.343 e. The second-order valence-corrected chi connectivity index (χ2v) is 8.92. The maximum atomic E-state index is 15.0. The zero-order valence-electron chi connectivity index (χ0n) is 20.6. The summed E-state index contributed by atoms with van der Waals surface area (Å²) in [4.78, 5) is 12.4. The van der Waals surface area contributed by atoms with E-state index in [1.807, 2.05) is 6.92 Å². The van der Waals surface area contributed by atoms with Crippen molar-refractivity contribution >= 4 is 5.97 Å². The molecule has 194 valence electrons. The monoisotopic (exact) mass is 510 g/mol. The van der Waals surface area contributed by atoms with Gasteiger partial charge in [0, 0.05) is 12.2 Å². The summed E-state index contributed by atoms with van der Waals surface area (Å²) in [5.74, 6) is -3.03. The molecule has 0 N–H and O–H groups in total. The van der Waals surface area contributed by atoms with Gasteiger partial charge in [0.2, 0.25) is 0 Å². The first-order chi connectivity index (χ1) is 17.9. The Labute approximate surface area is 214 Å². The van der Waals surface area contributed by atoms with Crippen molar-refractivity contribution in [3.63, 3.8) is 0 Å². The van der Waals surface area contributed by atoms with Gasteiger partial charge in [-0.25, -0.2) is 18.0 Å². The standard InChI is InChI=1S/C30H29F3O4/c1-3-17-36-27-16-9-21(18-26(27)31)30(34)37-23-12-7-20(8-13-23)25-15-14-24(28(32)29(25)33)19-5-10-22(11-6-19)35-4-2/h3,7-9,12-16,18-19,22H,1,4-6,10-11,17H2,2H3. The Morgan fingerprint density at radius 1 is 0.973 bits per heavy atom. The summed E-state index contributed by atoms with van der Waals surface area (Å²) in [6, 6.07) is 13.0. The molecule has 7 heteroatoms. The number of halogens is 3. The van der Waals surface area contributed by atoms with Crippen LogP contribution in [-0.2, 0) is 4.74 Å². The van der Waals surface area contributed by atoms with Gasteiger partial charge >= 0.3 is 5.97 Å². The molecule has 1 aliphatic carbocycles. The summed E-state index contributed by atoms with van der Waals surface area (Å²) >= 11 is 0. The minimum absolute atomic E-state index is 0.000674. The molecule has 0 spiro atoms. The van der Waals surface area contributed by atoms with Crippen LogP contribution in [0.15, 0.2) is 67.3 Å². The molecule has 3 aromatic rings. The van der Waals surface area contributed by atoms with Gasteiger partial charge in [0.1, 0.15) is 12.4 Å². The fraction of sp³-hybridized carbons (Fsp3) is 0.300. The number of carbonyl (C=O) groups excluding carboxylic acids is 1. The van der Waals surface area contributed by atoms with Crippen molar-refractivity contribution in [3.05, 3.63) is 95.8 Å². The molecule has 4 nitrogen and oxygen atoms in total.